The van der Waals surface area contributed by atoms with Crippen LogP contribution >= 0.6 is 0 Å². The lowest BCUT2D eigenvalue weighted by Crippen LogP contribution is -2.36. The number of carbonyl (C=O) groups excluding carboxylic acids is 1. The van der Waals surface area contributed by atoms with Crippen LogP contribution in [0.15, 0.2) is 18.2 Å². The molecule has 0 saturated carbocycles. The van der Waals surface area contributed by atoms with Crippen LogP contribution in [-0.4, -0.2) is 22.2 Å². The van der Waals surface area contributed by atoms with E-state index in [0.717, 1.165) is 42.0 Å². The maximum absolute atomic E-state index is 12.8. The monoisotopic (exact) mass is 297 g/mol. The third-order valence-electron chi connectivity index (χ3n) is 4.64. The van der Waals surface area contributed by atoms with Gasteiger partial charge in [0.15, 0.2) is 0 Å². The Morgan fingerprint density at radius 2 is 2.05 bits per heavy atom. The number of nitrogens with zero attached hydrogens (tertiary/aromatic N) is 3. The molecule has 0 saturated heterocycles. The Morgan fingerprint density at radius 3 is 2.73 bits per heavy atom. The van der Waals surface area contributed by atoms with Crippen molar-refractivity contribution in [1.29, 1.82) is 0 Å². The van der Waals surface area contributed by atoms with Crippen molar-refractivity contribution >= 4 is 11.6 Å². The summed E-state index contributed by atoms with van der Waals surface area (Å²) in [7, 11) is 1.93. The summed E-state index contributed by atoms with van der Waals surface area (Å²) in [6, 6.07) is 6.38. The molecule has 0 atom stereocenters. The fourth-order valence-corrected chi connectivity index (χ4v) is 3.30. The third-order valence-corrected chi connectivity index (χ3v) is 4.64. The number of rotatable bonds is 2. The van der Waals surface area contributed by atoms with Gasteiger partial charge in [-0.15, -0.1) is 0 Å². The molecule has 22 heavy (non-hydrogen) atoms. The van der Waals surface area contributed by atoms with Crippen LogP contribution in [0, 0.1) is 20.8 Å². The Balaban J connectivity index is 1.88. The van der Waals surface area contributed by atoms with Gasteiger partial charge in [-0.3, -0.25) is 9.48 Å². The zero-order chi connectivity index (χ0) is 15.9. The first-order valence-corrected chi connectivity index (χ1v) is 7.86. The van der Waals surface area contributed by atoms with Gasteiger partial charge in [0.05, 0.1) is 12.1 Å². The van der Waals surface area contributed by atoms with Crippen LogP contribution in [0.1, 0.15) is 34.5 Å². The standard InChI is InChI=1S/C18H23N3O/c1-12-7-8-17-15(10-12)6-5-9-21(17)18(22)11-16-13(2)19-20(4)14(16)3/h7-8,10H,5-6,9,11H2,1-4H3. The Bertz CT molecular complexity index is 730. The minimum Gasteiger partial charge on any atom is -0.312 e. The van der Waals surface area contributed by atoms with Crippen molar-refractivity contribution in [3.8, 4) is 0 Å². The molecule has 0 spiro atoms. The van der Waals surface area contributed by atoms with Gasteiger partial charge in [0, 0.05) is 30.5 Å². The number of anilines is 1. The SMILES string of the molecule is Cc1ccc2c(c1)CCCN2C(=O)Cc1c(C)nn(C)c1C. The minimum absolute atomic E-state index is 0.170. The van der Waals surface area contributed by atoms with Crippen molar-refractivity contribution in [2.75, 3.05) is 11.4 Å². The maximum atomic E-state index is 12.8. The van der Waals surface area contributed by atoms with Gasteiger partial charge in [0.25, 0.3) is 0 Å². The van der Waals surface area contributed by atoms with E-state index in [-0.39, 0.29) is 5.91 Å². The number of fused-ring (bicyclic) bond motifs is 1. The van der Waals surface area contributed by atoms with Gasteiger partial charge in [-0.05, 0) is 45.2 Å². The molecule has 4 nitrogen and oxygen atoms in total. The van der Waals surface area contributed by atoms with Gasteiger partial charge in [-0.1, -0.05) is 17.7 Å². The molecule has 0 bridgehead atoms. The number of aryl methyl sites for hydroxylation is 4. The molecule has 1 amide bonds. The van der Waals surface area contributed by atoms with E-state index in [1.54, 1.807) is 0 Å². The molecule has 2 heterocycles. The van der Waals surface area contributed by atoms with Gasteiger partial charge in [-0.2, -0.15) is 5.10 Å². The molecule has 0 fully saturated rings. The summed E-state index contributed by atoms with van der Waals surface area (Å²) in [6.45, 7) is 6.91. The average molecular weight is 297 g/mol. The summed E-state index contributed by atoms with van der Waals surface area (Å²) in [6.07, 6.45) is 2.53. The van der Waals surface area contributed by atoms with E-state index in [1.165, 1.54) is 11.1 Å². The first kappa shape index (κ1) is 14.8. The molecule has 4 heteroatoms. The van der Waals surface area contributed by atoms with E-state index >= 15 is 0 Å². The highest BCUT2D eigenvalue weighted by Crippen LogP contribution is 2.29. The second kappa shape index (κ2) is 5.59. The number of hydrogen-bond donors (Lipinski definition) is 0. The van der Waals surface area contributed by atoms with Crippen molar-refractivity contribution in [3.63, 3.8) is 0 Å². The van der Waals surface area contributed by atoms with Crippen molar-refractivity contribution in [2.24, 2.45) is 7.05 Å². The Hall–Kier alpha value is -2.10. The fourth-order valence-electron chi connectivity index (χ4n) is 3.30. The number of carbonyl (C=O) groups is 1. The minimum atomic E-state index is 0.170. The molecule has 1 aromatic heterocycles. The van der Waals surface area contributed by atoms with Crippen LogP contribution in [0.25, 0.3) is 0 Å². The maximum Gasteiger partial charge on any atom is 0.231 e. The molecule has 0 unspecified atom stereocenters. The summed E-state index contributed by atoms with van der Waals surface area (Å²) in [5, 5.41) is 4.41. The first-order chi connectivity index (χ1) is 10.5. The number of aromatic nitrogens is 2. The smallest absolute Gasteiger partial charge is 0.231 e. The molecule has 3 rings (SSSR count). The molecule has 2 aromatic rings. The highest BCUT2D eigenvalue weighted by Gasteiger charge is 2.24. The van der Waals surface area contributed by atoms with E-state index in [1.807, 2.05) is 30.5 Å². The lowest BCUT2D eigenvalue weighted by molar-refractivity contribution is -0.118. The Kier molecular flexibility index (Phi) is 3.77. The number of amides is 1. The average Bonchev–Trinajstić information content (AvgIpc) is 2.72. The van der Waals surface area contributed by atoms with Crippen LogP contribution in [-0.2, 0) is 24.7 Å². The summed E-state index contributed by atoms with van der Waals surface area (Å²) in [4.78, 5) is 14.8. The molecular weight excluding hydrogens is 274 g/mol. The van der Waals surface area contributed by atoms with E-state index in [0.29, 0.717) is 6.42 Å². The predicted molar refractivity (Wildman–Crippen MR) is 88.2 cm³/mol. The highest BCUT2D eigenvalue weighted by atomic mass is 16.2. The van der Waals surface area contributed by atoms with Crippen molar-refractivity contribution in [2.45, 2.75) is 40.0 Å². The van der Waals surface area contributed by atoms with E-state index < -0.39 is 0 Å². The van der Waals surface area contributed by atoms with Gasteiger partial charge in [0.2, 0.25) is 5.91 Å². The predicted octanol–water partition coefficient (Wildman–Crippen LogP) is 2.87. The second-order valence-electron chi connectivity index (χ2n) is 6.23. The molecule has 116 valence electrons. The van der Waals surface area contributed by atoms with Gasteiger partial charge in [0.1, 0.15) is 0 Å². The lowest BCUT2D eigenvalue weighted by atomic mass is 9.98. The molecule has 1 aliphatic rings. The van der Waals surface area contributed by atoms with Crippen molar-refractivity contribution in [1.82, 2.24) is 9.78 Å². The van der Waals surface area contributed by atoms with Crippen molar-refractivity contribution in [3.05, 3.63) is 46.3 Å². The van der Waals surface area contributed by atoms with E-state index in [2.05, 4.69) is 30.2 Å². The topological polar surface area (TPSA) is 38.1 Å². The van der Waals surface area contributed by atoms with Crippen molar-refractivity contribution < 1.29 is 4.79 Å². The zero-order valence-electron chi connectivity index (χ0n) is 13.8. The quantitative estimate of drug-likeness (QED) is 0.855. The van der Waals surface area contributed by atoms with Crippen LogP contribution in [0.3, 0.4) is 0 Å². The zero-order valence-corrected chi connectivity index (χ0v) is 13.8. The van der Waals surface area contributed by atoms with Gasteiger partial charge < -0.3 is 4.90 Å². The van der Waals surface area contributed by atoms with Gasteiger partial charge >= 0.3 is 0 Å². The highest BCUT2D eigenvalue weighted by molar-refractivity contribution is 5.96. The van der Waals surface area contributed by atoms with Gasteiger partial charge in [-0.25, -0.2) is 0 Å². The molecule has 1 aliphatic heterocycles. The molecule has 0 aliphatic carbocycles. The molecule has 0 N–H and O–H groups in total. The number of benzene rings is 1. The molecule has 0 radical (unpaired) electrons. The Morgan fingerprint density at radius 1 is 1.27 bits per heavy atom. The fraction of sp³-hybridized carbons (Fsp3) is 0.444. The largest absolute Gasteiger partial charge is 0.312 e. The van der Waals surface area contributed by atoms with E-state index in [9.17, 15) is 4.79 Å². The molecule has 1 aromatic carbocycles. The summed E-state index contributed by atoms with van der Waals surface area (Å²) >= 11 is 0. The number of hydrogen-bond acceptors (Lipinski definition) is 2. The van der Waals surface area contributed by atoms with Crippen LogP contribution in [0.4, 0.5) is 5.69 Å². The second-order valence-corrected chi connectivity index (χ2v) is 6.23. The van der Waals surface area contributed by atoms with Crippen LogP contribution < -0.4 is 4.90 Å². The van der Waals surface area contributed by atoms with E-state index in [4.69, 9.17) is 0 Å². The summed E-state index contributed by atoms with van der Waals surface area (Å²) in [5.41, 5.74) is 6.72. The molecular formula is C18H23N3O. The lowest BCUT2D eigenvalue weighted by Gasteiger charge is -2.30. The normalized spacial score (nSPS) is 14.1. The third kappa shape index (κ3) is 2.54. The summed E-state index contributed by atoms with van der Waals surface area (Å²) in [5.74, 6) is 0.170. The van der Waals surface area contributed by atoms with Crippen LogP contribution in [0.5, 0.6) is 0 Å². The summed E-state index contributed by atoms with van der Waals surface area (Å²) < 4.78 is 1.85. The van der Waals surface area contributed by atoms with Crippen LogP contribution in [0.2, 0.25) is 0 Å². The Labute approximate surface area is 131 Å². The first-order valence-electron chi connectivity index (χ1n) is 7.86.